The second-order valence-corrected chi connectivity index (χ2v) is 6.06. The van der Waals surface area contributed by atoms with Crippen LogP contribution in [0.2, 0.25) is 0 Å². The van der Waals surface area contributed by atoms with E-state index in [-0.39, 0.29) is 56.6 Å². The Hall–Kier alpha value is -1.51. The molecule has 0 bridgehead atoms. The van der Waals surface area contributed by atoms with E-state index in [1.54, 1.807) is 0 Å². The first-order valence-electron chi connectivity index (χ1n) is 6.91. The summed E-state index contributed by atoms with van der Waals surface area (Å²) in [6.07, 6.45) is 0.398. The van der Waals surface area contributed by atoms with E-state index in [0.29, 0.717) is 0 Å². The number of hydrogen-bond donors (Lipinski definition) is 1. The molecule has 0 aromatic heterocycles. The summed E-state index contributed by atoms with van der Waals surface area (Å²) >= 11 is 0. The van der Waals surface area contributed by atoms with Crippen molar-refractivity contribution in [3.8, 4) is 0 Å². The van der Waals surface area contributed by atoms with Crippen molar-refractivity contribution in [3.63, 3.8) is 0 Å². The van der Waals surface area contributed by atoms with Gasteiger partial charge in [-0.15, -0.1) is 0 Å². The largest absolute Gasteiger partial charge is 0.756 e. The van der Waals surface area contributed by atoms with E-state index in [2.05, 4.69) is 22.2 Å². The van der Waals surface area contributed by atoms with E-state index in [9.17, 15) is 19.0 Å². The Kier molecular flexibility index (Phi) is 13.3. The van der Waals surface area contributed by atoms with Crippen LogP contribution in [-0.2, 0) is 32.7 Å². The molecule has 0 aliphatic rings. The molecule has 0 saturated carbocycles. The van der Waals surface area contributed by atoms with E-state index >= 15 is 0 Å². The van der Waals surface area contributed by atoms with Crippen LogP contribution in [0.3, 0.4) is 0 Å². The Balaban J connectivity index is 0. The number of carbonyl (C=O) groups excluding carboxylic acids is 2. The number of carbonyl (C=O) groups is 2. The molecule has 24 heavy (non-hydrogen) atoms. The van der Waals surface area contributed by atoms with Gasteiger partial charge in [-0.05, 0) is 13.8 Å². The first kappa shape index (κ1) is 24.7. The van der Waals surface area contributed by atoms with E-state index < -0.39 is 19.8 Å². The number of quaternary nitrogens is 1. The number of phosphoric acid groups is 1. The van der Waals surface area contributed by atoms with E-state index in [4.69, 9.17) is 9.47 Å². The van der Waals surface area contributed by atoms with Crippen LogP contribution in [0.5, 0.6) is 0 Å². The molecule has 0 unspecified atom stereocenters. The van der Waals surface area contributed by atoms with Gasteiger partial charge in [0, 0.05) is 24.0 Å². The molecule has 0 aromatic rings. The normalized spacial score (nSPS) is 10.5. The summed E-state index contributed by atoms with van der Waals surface area (Å²) in [5.41, 5.74) is 0.521. The fraction of sp³-hybridized carbons (Fsp3) is 0.571. The maximum absolute atomic E-state index is 11.4. The van der Waals surface area contributed by atoms with Gasteiger partial charge in [-0.3, -0.25) is 4.57 Å². The average Bonchev–Trinajstić information content (AvgIpc) is 2.45. The van der Waals surface area contributed by atoms with Crippen molar-refractivity contribution in [2.75, 3.05) is 26.4 Å². The van der Waals surface area contributed by atoms with Crippen LogP contribution in [0.1, 0.15) is 26.7 Å². The van der Waals surface area contributed by atoms with Crippen molar-refractivity contribution < 1.29 is 37.6 Å². The van der Waals surface area contributed by atoms with Crippen molar-refractivity contribution in [2.45, 2.75) is 26.7 Å². The van der Waals surface area contributed by atoms with Gasteiger partial charge in [0.25, 0.3) is 7.82 Å². The standard InChI is InChI=1S/C14H23O8P.H3N/c1-11(2)13(15)19-7-5-9-21-23(17,18)22-10-6-8-20-14(16)12(3)4;/h1,3,5-10H2,2,4H3,(H,17,18);1H3. The van der Waals surface area contributed by atoms with Crippen LogP contribution in [0, 0.1) is 0 Å². The van der Waals surface area contributed by atoms with E-state index in [1.165, 1.54) is 13.8 Å². The zero-order valence-electron chi connectivity index (χ0n) is 14.4. The molecule has 0 aliphatic carbocycles. The predicted octanol–water partition coefficient (Wildman–Crippen LogP) is 1.88. The highest BCUT2D eigenvalue weighted by Crippen LogP contribution is 2.38. The van der Waals surface area contributed by atoms with Gasteiger partial charge < -0.3 is 29.6 Å². The van der Waals surface area contributed by atoms with Gasteiger partial charge >= 0.3 is 11.9 Å². The summed E-state index contributed by atoms with van der Waals surface area (Å²) in [6.45, 7) is 9.51. The van der Waals surface area contributed by atoms with Gasteiger partial charge in [-0.1, -0.05) is 13.2 Å². The first-order chi connectivity index (χ1) is 10.7. The summed E-state index contributed by atoms with van der Waals surface area (Å²) in [5.74, 6) is -1.09. The fourth-order valence-electron chi connectivity index (χ4n) is 1.08. The monoisotopic (exact) mass is 367 g/mol. The molecular formula is C14H26NO8P. The molecule has 0 spiro atoms. The van der Waals surface area contributed by atoms with Gasteiger partial charge in [-0.25, -0.2) is 9.59 Å². The topological polar surface area (TPSA) is 148 Å². The van der Waals surface area contributed by atoms with Crippen molar-refractivity contribution >= 4 is 19.8 Å². The lowest BCUT2D eigenvalue weighted by molar-refractivity contribution is -0.225. The minimum Gasteiger partial charge on any atom is -0.756 e. The van der Waals surface area contributed by atoms with E-state index in [1.807, 2.05) is 0 Å². The molecule has 0 amide bonds. The van der Waals surface area contributed by atoms with Crippen LogP contribution in [0.25, 0.3) is 0 Å². The predicted molar refractivity (Wildman–Crippen MR) is 86.3 cm³/mol. The Morgan fingerprint density at radius 1 is 0.875 bits per heavy atom. The molecular weight excluding hydrogens is 341 g/mol. The number of ether oxygens (including phenoxy) is 2. The third kappa shape index (κ3) is 13.0. The van der Waals surface area contributed by atoms with Gasteiger partial charge in [0.2, 0.25) is 0 Å². The Bertz CT molecular complexity index is 451. The van der Waals surface area contributed by atoms with Crippen LogP contribution in [0.15, 0.2) is 24.3 Å². The number of hydrogen-bond acceptors (Lipinski definition) is 8. The molecule has 0 fully saturated rings. The SMILES string of the molecule is C=C(C)C(=O)OCCCOP(=O)([O-])OCCCOC(=O)C(=C)C.[NH4+]. The number of rotatable bonds is 12. The Labute approximate surface area is 141 Å². The van der Waals surface area contributed by atoms with Crippen molar-refractivity contribution in [1.82, 2.24) is 6.15 Å². The second kappa shape index (κ2) is 12.9. The molecule has 0 rings (SSSR count). The average molecular weight is 367 g/mol. The lowest BCUT2D eigenvalue weighted by Crippen LogP contribution is -2.13. The van der Waals surface area contributed by atoms with Gasteiger partial charge in [-0.2, -0.15) is 0 Å². The summed E-state index contributed by atoms with van der Waals surface area (Å²) in [4.78, 5) is 33.5. The number of phosphoric ester groups is 1. The lowest BCUT2D eigenvalue weighted by atomic mass is 10.4. The summed E-state index contributed by atoms with van der Waals surface area (Å²) in [6, 6.07) is 0. The Morgan fingerprint density at radius 2 is 1.21 bits per heavy atom. The van der Waals surface area contributed by atoms with Crippen LogP contribution < -0.4 is 11.0 Å². The molecule has 0 aliphatic heterocycles. The molecule has 0 aromatic carbocycles. The molecule has 0 heterocycles. The maximum atomic E-state index is 11.4. The van der Waals surface area contributed by atoms with Crippen LogP contribution in [0.4, 0.5) is 0 Å². The quantitative estimate of drug-likeness (QED) is 0.238. The van der Waals surface area contributed by atoms with Gasteiger partial charge in [0.15, 0.2) is 0 Å². The highest BCUT2D eigenvalue weighted by molar-refractivity contribution is 7.45. The maximum Gasteiger partial charge on any atom is 0.333 e. The fourth-order valence-corrected chi connectivity index (χ4v) is 1.86. The van der Waals surface area contributed by atoms with Crippen molar-refractivity contribution in [1.29, 1.82) is 0 Å². The van der Waals surface area contributed by atoms with Crippen molar-refractivity contribution in [3.05, 3.63) is 24.3 Å². The summed E-state index contributed by atoms with van der Waals surface area (Å²) in [5, 5.41) is 0. The highest BCUT2D eigenvalue weighted by atomic mass is 31.2. The lowest BCUT2D eigenvalue weighted by Gasteiger charge is -2.22. The van der Waals surface area contributed by atoms with Crippen LogP contribution >= 0.6 is 7.82 Å². The first-order valence-corrected chi connectivity index (χ1v) is 8.37. The van der Waals surface area contributed by atoms with Crippen LogP contribution in [-0.4, -0.2) is 38.4 Å². The van der Waals surface area contributed by atoms with Gasteiger partial charge in [0.05, 0.1) is 26.4 Å². The smallest absolute Gasteiger partial charge is 0.333 e. The molecule has 4 N–H and O–H groups in total. The second-order valence-electron chi connectivity index (χ2n) is 4.65. The molecule has 9 nitrogen and oxygen atoms in total. The van der Waals surface area contributed by atoms with Crippen molar-refractivity contribution in [2.24, 2.45) is 0 Å². The molecule has 0 atom stereocenters. The third-order valence-corrected chi connectivity index (χ3v) is 3.24. The molecule has 10 heteroatoms. The summed E-state index contributed by atoms with van der Waals surface area (Å²) < 4.78 is 30.1. The number of esters is 2. The minimum atomic E-state index is -4.42. The minimum absolute atomic E-state index is 0. The third-order valence-electron chi connectivity index (χ3n) is 2.24. The zero-order chi connectivity index (χ0) is 17.9. The zero-order valence-corrected chi connectivity index (χ0v) is 15.3. The Morgan fingerprint density at radius 3 is 1.50 bits per heavy atom. The molecule has 140 valence electrons. The summed E-state index contributed by atoms with van der Waals surface area (Å²) in [7, 11) is -4.42. The molecule has 0 saturated heterocycles. The van der Waals surface area contributed by atoms with Gasteiger partial charge in [0.1, 0.15) is 0 Å². The highest BCUT2D eigenvalue weighted by Gasteiger charge is 2.10. The van der Waals surface area contributed by atoms with E-state index in [0.717, 1.165) is 0 Å². The molecule has 0 radical (unpaired) electrons.